The summed E-state index contributed by atoms with van der Waals surface area (Å²) in [4.78, 5) is 27.7. The van der Waals surface area contributed by atoms with Crippen molar-refractivity contribution >= 4 is 17.5 Å². The SMILES string of the molecule is Cc1cc(C(=O)Nc2cccc(C)c2C)nc(N(C)CCc2ccncc2)n1. The number of hydrogen-bond acceptors (Lipinski definition) is 5. The van der Waals surface area contributed by atoms with E-state index in [1.807, 2.05) is 63.1 Å². The van der Waals surface area contributed by atoms with Gasteiger partial charge in [0.25, 0.3) is 5.91 Å². The number of rotatable bonds is 6. The Morgan fingerprint density at radius 3 is 2.57 bits per heavy atom. The molecule has 1 amide bonds. The normalized spacial score (nSPS) is 10.6. The van der Waals surface area contributed by atoms with Crippen molar-refractivity contribution in [3.8, 4) is 0 Å². The van der Waals surface area contributed by atoms with Crippen LogP contribution in [0, 0.1) is 20.8 Å². The maximum absolute atomic E-state index is 12.8. The van der Waals surface area contributed by atoms with Crippen molar-refractivity contribution in [1.82, 2.24) is 15.0 Å². The molecule has 0 atom stereocenters. The lowest BCUT2D eigenvalue weighted by atomic mass is 10.1. The van der Waals surface area contributed by atoms with Crippen LogP contribution < -0.4 is 10.2 Å². The Kier molecular flexibility index (Phi) is 5.99. The fraction of sp³-hybridized carbons (Fsp3) is 0.273. The third-order valence-corrected chi connectivity index (χ3v) is 4.75. The van der Waals surface area contributed by atoms with E-state index in [1.165, 1.54) is 5.56 Å². The Morgan fingerprint density at radius 2 is 1.82 bits per heavy atom. The summed E-state index contributed by atoms with van der Waals surface area (Å²) < 4.78 is 0. The molecule has 3 rings (SSSR count). The van der Waals surface area contributed by atoms with E-state index in [1.54, 1.807) is 18.5 Å². The zero-order valence-corrected chi connectivity index (χ0v) is 16.7. The van der Waals surface area contributed by atoms with Crippen LogP contribution in [0.25, 0.3) is 0 Å². The summed E-state index contributed by atoms with van der Waals surface area (Å²) >= 11 is 0. The summed E-state index contributed by atoms with van der Waals surface area (Å²) in [5.41, 5.74) is 5.30. The summed E-state index contributed by atoms with van der Waals surface area (Å²) in [6.45, 7) is 6.63. The number of pyridine rings is 1. The van der Waals surface area contributed by atoms with E-state index in [0.29, 0.717) is 11.6 Å². The quantitative estimate of drug-likeness (QED) is 0.711. The molecule has 0 radical (unpaired) electrons. The molecule has 0 bridgehead atoms. The van der Waals surface area contributed by atoms with Gasteiger partial charge in [0, 0.05) is 37.4 Å². The average Bonchev–Trinajstić information content (AvgIpc) is 2.70. The minimum atomic E-state index is -0.233. The van der Waals surface area contributed by atoms with Crippen molar-refractivity contribution in [2.24, 2.45) is 0 Å². The number of aryl methyl sites for hydroxylation is 2. The zero-order valence-electron chi connectivity index (χ0n) is 16.7. The number of carbonyl (C=O) groups excluding carboxylic acids is 1. The van der Waals surface area contributed by atoms with Gasteiger partial charge < -0.3 is 10.2 Å². The van der Waals surface area contributed by atoms with Crippen LogP contribution >= 0.6 is 0 Å². The average molecular weight is 375 g/mol. The Hall–Kier alpha value is -3.28. The Morgan fingerprint density at radius 1 is 1.07 bits per heavy atom. The van der Waals surface area contributed by atoms with Crippen LogP contribution in [0.2, 0.25) is 0 Å². The molecule has 1 N–H and O–H groups in total. The van der Waals surface area contributed by atoms with Crippen molar-refractivity contribution < 1.29 is 4.79 Å². The summed E-state index contributed by atoms with van der Waals surface area (Å²) in [5, 5.41) is 2.96. The first kappa shape index (κ1) is 19.5. The van der Waals surface area contributed by atoms with E-state index in [-0.39, 0.29) is 5.91 Å². The van der Waals surface area contributed by atoms with Crippen molar-refractivity contribution in [3.05, 3.63) is 76.9 Å². The number of nitrogens with zero attached hydrogens (tertiary/aromatic N) is 4. The third-order valence-electron chi connectivity index (χ3n) is 4.75. The highest BCUT2D eigenvalue weighted by Gasteiger charge is 2.14. The summed E-state index contributed by atoms with van der Waals surface area (Å²) in [6.07, 6.45) is 4.42. The minimum absolute atomic E-state index is 0.233. The molecule has 0 saturated heterocycles. The molecule has 3 aromatic rings. The van der Waals surface area contributed by atoms with Gasteiger partial charge in [-0.15, -0.1) is 0 Å². The first-order valence-electron chi connectivity index (χ1n) is 9.27. The molecule has 2 heterocycles. The second-order valence-corrected chi connectivity index (χ2v) is 6.92. The molecule has 0 spiro atoms. The van der Waals surface area contributed by atoms with Crippen LogP contribution in [0.5, 0.6) is 0 Å². The van der Waals surface area contributed by atoms with Crippen molar-refractivity contribution in [3.63, 3.8) is 0 Å². The maximum Gasteiger partial charge on any atom is 0.274 e. The lowest BCUT2D eigenvalue weighted by molar-refractivity contribution is 0.102. The lowest BCUT2D eigenvalue weighted by Crippen LogP contribution is -2.25. The zero-order chi connectivity index (χ0) is 20.1. The number of amides is 1. The summed E-state index contributed by atoms with van der Waals surface area (Å²) in [6, 6.07) is 11.6. The van der Waals surface area contributed by atoms with Crippen molar-refractivity contribution in [2.75, 3.05) is 23.8 Å². The van der Waals surface area contributed by atoms with Crippen LogP contribution in [0.15, 0.2) is 48.8 Å². The van der Waals surface area contributed by atoms with Gasteiger partial charge in [-0.25, -0.2) is 9.97 Å². The number of anilines is 2. The highest BCUT2D eigenvalue weighted by atomic mass is 16.1. The first-order valence-corrected chi connectivity index (χ1v) is 9.27. The topological polar surface area (TPSA) is 71.0 Å². The summed E-state index contributed by atoms with van der Waals surface area (Å²) in [5.74, 6) is 0.308. The van der Waals surface area contributed by atoms with Crippen LogP contribution in [0.1, 0.15) is 32.9 Å². The second-order valence-electron chi connectivity index (χ2n) is 6.92. The van der Waals surface area contributed by atoms with Gasteiger partial charge in [-0.2, -0.15) is 0 Å². The van der Waals surface area contributed by atoms with E-state index >= 15 is 0 Å². The van der Waals surface area contributed by atoms with Crippen LogP contribution in [0.4, 0.5) is 11.6 Å². The van der Waals surface area contributed by atoms with Crippen LogP contribution in [0.3, 0.4) is 0 Å². The van der Waals surface area contributed by atoms with Crippen LogP contribution in [-0.4, -0.2) is 34.5 Å². The number of benzene rings is 1. The minimum Gasteiger partial charge on any atom is -0.344 e. The van der Waals surface area contributed by atoms with E-state index in [9.17, 15) is 4.79 Å². The monoisotopic (exact) mass is 375 g/mol. The highest BCUT2D eigenvalue weighted by molar-refractivity contribution is 6.03. The van der Waals surface area contributed by atoms with E-state index in [4.69, 9.17) is 0 Å². The van der Waals surface area contributed by atoms with Gasteiger partial charge in [0.1, 0.15) is 5.69 Å². The second kappa shape index (κ2) is 8.61. The van der Waals surface area contributed by atoms with E-state index in [0.717, 1.165) is 35.5 Å². The molecule has 0 aliphatic rings. The largest absolute Gasteiger partial charge is 0.344 e. The highest BCUT2D eigenvalue weighted by Crippen LogP contribution is 2.19. The fourth-order valence-corrected chi connectivity index (χ4v) is 2.86. The molecule has 144 valence electrons. The molecule has 0 saturated carbocycles. The molecular weight excluding hydrogens is 350 g/mol. The van der Waals surface area contributed by atoms with Crippen molar-refractivity contribution in [2.45, 2.75) is 27.2 Å². The van der Waals surface area contributed by atoms with Crippen LogP contribution in [-0.2, 0) is 6.42 Å². The predicted octanol–water partition coefficient (Wildman–Crippen LogP) is 3.73. The Bertz CT molecular complexity index is 972. The summed E-state index contributed by atoms with van der Waals surface area (Å²) in [7, 11) is 1.93. The number of hydrogen-bond donors (Lipinski definition) is 1. The predicted molar refractivity (Wildman–Crippen MR) is 112 cm³/mol. The van der Waals surface area contributed by atoms with Gasteiger partial charge >= 0.3 is 0 Å². The van der Waals surface area contributed by atoms with E-state index < -0.39 is 0 Å². The van der Waals surface area contributed by atoms with Gasteiger partial charge in [0.15, 0.2) is 0 Å². The van der Waals surface area contributed by atoms with Gasteiger partial charge in [-0.1, -0.05) is 12.1 Å². The van der Waals surface area contributed by atoms with E-state index in [2.05, 4.69) is 20.3 Å². The van der Waals surface area contributed by atoms with Gasteiger partial charge in [0.2, 0.25) is 5.95 Å². The fourth-order valence-electron chi connectivity index (χ4n) is 2.86. The number of nitrogens with one attached hydrogen (secondary N) is 1. The Labute approximate surface area is 165 Å². The third kappa shape index (κ3) is 4.71. The molecule has 0 unspecified atom stereocenters. The van der Waals surface area contributed by atoms with Gasteiger partial charge in [-0.05, 0) is 68.1 Å². The molecule has 0 aliphatic carbocycles. The molecule has 0 fully saturated rings. The molecule has 1 aromatic carbocycles. The molecule has 0 aliphatic heterocycles. The van der Waals surface area contributed by atoms with Crippen molar-refractivity contribution in [1.29, 1.82) is 0 Å². The molecule has 6 heteroatoms. The number of carbonyl (C=O) groups is 1. The van der Waals surface area contributed by atoms with Gasteiger partial charge in [0.05, 0.1) is 0 Å². The standard InChI is InChI=1S/C22H25N5O/c1-15-6-5-7-19(17(15)3)25-21(28)20-14-16(2)24-22(26-20)27(4)13-10-18-8-11-23-12-9-18/h5-9,11-12,14H,10,13H2,1-4H3,(H,25,28). The lowest BCUT2D eigenvalue weighted by Gasteiger charge is -2.18. The maximum atomic E-state index is 12.8. The molecular formula is C22H25N5O. The van der Waals surface area contributed by atoms with Gasteiger partial charge in [-0.3, -0.25) is 9.78 Å². The first-order chi connectivity index (χ1) is 13.4. The Balaban J connectivity index is 1.74. The number of likely N-dealkylation sites (N-methyl/N-ethyl adjacent to an activating group) is 1. The smallest absolute Gasteiger partial charge is 0.274 e. The molecule has 6 nitrogen and oxygen atoms in total. The molecule has 2 aromatic heterocycles. The molecule has 28 heavy (non-hydrogen) atoms. The number of aromatic nitrogens is 3.